The summed E-state index contributed by atoms with van der Waals surface area (Å²) in [5.41, 5.74) is 1.39. The van der Waals surface area contributed by atoms with E-state index >= 15 is 0 Å². The van der Waals surface area contributed by atoms with Crippen LogP contribution in [0.1, 0.15) is 58.1 Å². The highest BCUT2D eigenvalue weighted by molar-refractivity contribution is 5.18. The summed E-state index contributed by atoms with van der Waals surface area (Å²) >= 11 is 0. The van der Waals surface area contributed by atoms with E-state index < -0.39 is 0 Å². The van der Waals surface area contributed by atoms with Gasteiger partial charge in [-0.3, -0.25) is 4.90 Å². The van der Waals surface area contributed by atoms with Crippen molar-refractivity contribution in [2.24, 2.45) is 0 Å². The first-order chi connectivity index (χ1) is 9.78. The van der Waals surface area contributed by atoms with Crippen LogP contribution in [0, 0.1) is 0 Å². The molecule has 1 saturated heterocycles. The molecule has 1 fully saturated rings. The van der Waals surface area contributed by atoms with Crippen LogP contribution in [0.3, 0.4) is 0 Å². The van der Waals surface area contributed by atoms with Crippen molar-refractivity contribution in [1.82, 2.24) is 20.2 Å². The van der Waals surface area contributed by atoms with E-state index in [4.69, 9.17) is 0 Å². The molecule has 0 aliphatic carbocycles. The van der Waals surface area contributed by atoms with Gasteiger partial charge in [-0.25, -0.2) is 9.97 Å². The van der Waals surface area contributed by atoms with Crippen LogP contribution in [0.25, 0.3) is 0 Å². The Labute approximate surface area is 123 Å². The molecule has 4 heteroatoms. The van der Waals surface area contributed by atoms with Crippen molar-refractivity contribution in [3.05, 3.63) is 24.3 Å². The highest BCUT2D eigenvalue weighted by Gasteiger charge is 2.42. The molecule has 0 saturated carbocycles. The summed E-state index contributed by atoms with van der Waals surface area (Å²) in [6, 6.07) is 0.307. The molecule has 0 amide bonds. The Morgan fingerprint density at radius 3 is 2.25 bits per heavy atom. The third-order valence-electron chi connectivity index (χ3n) is 4.82. The van der Waals surface area contributed by atoms with E-state index in [1.807, 2.05) is 12.4 Å². The molecule has 1 aliphatic rings. The number of likely N-dealkylation sites (N-methyl/N-ethyl adjacent to an activating group) is 1. The van der Waals surface area contributed by atoms with Crippen LogP contribution in [0.2, 0.25) is 0 Å². The van der Waals surface area contributed by atoms with Gasteiger partial charge in [0, 0.05) is 23.5 Å². The summed E-state index contributed by atoms with van der Waals surface area (Å²) in [6.45, 7) is 10.2. The molecule has 112 valence electrons. The van der Waals surface area contributed by atoms with Gasteiger partial charge >= 0.3 is 0 Å². The van der Waals surface area contributed by atoms with Crippen LogP contribution < -0.4 is 5.32 Å². The molecule has 0 aromatic carbocycles. The summed E-state index contributed by atoms with van der Waals surface area (Å²) in [5.74, 6) is 0. The van der Waals surface area contributed by atoms with Gasteiger partial charge in [0.2, 0.25) is 0 Å². The van der Waals surface area contributed by atoms with Gasteiger partial charge in [-0.05, 0) is 45.3 Å². The van der Waals surface area contributed by atoms with Crippen molar-refractivity contribution in [3.63, 3.8) is 0 Å². The van der Waals surface area contributed by atoms with E-state index in [9.17, 15) is 0 Å². The second kappa shape index (κ2) is 7.14. The Morgan fingerprint density at radius 2 is 1.75 bits per heavy atom. The molecule has 0 spiro atoms. The largest absolute Gasteiger partial charge is 0.309 e. The minimum Gasteiger partial charge on any atom is -0.309 e. The molecule has 1 aromatic rings. The van der Waals surface area contributed by atoms with Crippen molar-refractivity contribution in [2.45, 2.75) is 58.0 Å². The number of nitrogens with one attached hydrogen (secondary N) is 1. The molecule has 20 heavy (non-hydrogen) atoms. The molecule has 1 N–H and O–H groups in total. The molecule has 1 aliphatic heterocycles. The first-order valence-corrected chi connectivity index (χ1v) is 8.01. The number of nitrogens with zero attached hydrogens (tertiary/aromatic N) is 3. The lowest BCUT2D eigenvalue weighted by molar-refractivity contribution is 0.0620. The van der Waals surface area contributed by atoms with Gasteiger partial charge in [-0.2, -0.15) is 0 Å². The van der Waals surface area contributed by atoms with Crippen molar-refractivity contribution in [3.8, 4) is 0 Å². The fourth-order valence-corrected chi connectivity index (χ4v) is 3.73. The molecular formula is C16H28N4. The summed E-state index contributed by atoms with van der Waals surface area (Å²) in [7, 11) is 0. The monoisotopic (exact) mass is 276 g/mol. The van der Waals surface area contributed by atoms with E-state index in [0.717, 1.165) is 19.4 Å². The maximum atomic E-state index is 4.23. The number of hydrogen-bond acceptors (Lipinski definition) is 4. The fraction of sp³-hybridized carbons (Fsp3) is 0.750. The van der Waals surface area contributed by atoms with Gasteiger partial charge in [0.05, 0.1) is 6.04 Å². The standard InChI is InChI=1S/C16H28N4/c1-4-16(5-2,20-9-7-8-10-20)15(19-6-3)14-11-17-13-18-12-14/h11-13,15,19H,4-10H2,1-3H3. The zero-order chi connectivity index (χ0) is 14.4. The molecule has 2 rings (SSSR count). The third kappa shape index (κ3) is 2.86. The number of rotatable bonds is 7. The first kappa shape index (κ1) is 15.4. The van der Waals surface area contributed by atoms with E-state index in [-0.39, 0.29) is 5.54 Å². The SMILES string of the molecule is CCNC(c1cncnc1)C(CC)(CC)N1CCCC1. The maximum absolute atomic E-state index is 4.23. The molecule has 1 unspecified atom stereocenters. The minimum atomic E-state index is 0.178. The minimum absolute atomic E-state index is 0.178. The first-order valence-electron chi connectivity index (χ1n) is 8.01. The van der Waals surface area contributed by atoms with Crippen LogP contribution >= 0.6 is 0 Å². The van der Waals surface area contributed by atoms with Crippen LogP contribution in [0.4, 0.5) is 0 Å². The number of hydrogen-bond donors (Lipinski definition) is 1. The highest BCUT2D eigenvalue weighted by atomic mass is 15.2. The highest BCUT2D eigenvalue weighted by Crippen LogP contribution is 2.39. The van der Waals surface area contributed by atoms with E-state index in [1.54, 1.807) is 6.33 Å². The lowest BCUT2D eigenvalue weighted by Gasteiger charge is -2.47. The summed E-state index contributed by atoms with van der Waals surface area (Å²) in [6.07, 6.45) is 10.5. The van der Waals surface area contributed by atoms with Gasteiger partial charge in [0.1, 0.15) is 6.33 Å². The topological polar surface area (TPSA) is 41.1 Å². The predicted molar refractivity (Wildman–Crippen MR) is 82.6 cm³/mol. The van der Waals surface area contributed by atoms with Crippen LogP contribution in [-0.4, -0.2) is 40.0 Å². The van der Waals surface area contributed by atoms with Crippen LogP contribution in [-0.2, 0) is 0 Å². The summed E-state index contributed by atoms with van der Waals surface area (Å²) in [4.78, 5) is 11.1. The summed E-state index contributed by atoms with van der Waals surface area (Å²) < 4.78 is 0. The van der Waals surface area contributed by atoms with Gasteiger partial charge in [-0.15, -0.1) is 0 Å². The smallest absolute Gasteiger partial charge is 0.115 e. The average molecular weight is 276 g/mol. The van der Waals surface area contributed by atoms with Crippen molar-refractivity contribution in [2.75, 3.05) is 19.6 Å². The lowest BCUT2D eigenvalue weighted by Crippen LogP contribution is -2.55. The van der Waals surface area contributed by atoms with Gasteiger partial charge in [0.15, 0.2) is 0 Å². The molecule has 0 bridgehead atoms. The Hall–Kier alpha value is -1.00. The number of likely N-dealkylation sites (tertiary alicyclic amines) is 1. The van der Waals surface area contributed by atoms with Crippen LogP contribution in [0.15, 0.2) is 18.7 Å². The van der Waals surface area contributed by atoms with Gasteiger partial charge in [0.25, 0.3) is 0 Å². The Kier molecular flexibility index (Phi) is 5.49. The normalized spacial score (nSPS) is 18.4. The predicted octanol–water partition coefficient (Wildman–Crippen LogP) is 2.78. The zero-order valence-electron chi connectivity index (χ0n) is 13.1. The molecular weight excluding hydrogens is 248 g/mol. The number of aromatic nitrogens is 2. The van der Waals surface area contributed by atoms with Gasteiger partial charge < -0.3 is 5.32 Å². The fourth-order valence-electron chi connectivity index (χ4n) is 3.73. The Morgan fingerprint density at radius 1 is 1.15 bits per heavy atom. The molecule has 2 heterocycles. The van der Waals surface area contributed by atoms with E-state index in [1.165, 1.54) is 31.5 Å². The van der Waals surface area contributed by atoms with Crippen molar-refractivity contribution < 1.29 is 0 Å². The Balaban J connectivity index is 2.36. The van der Waals surface area contributed by atoms with Crippen molar-refractivity contribution in [1.29, 1.82) is 0 Å². The third-order valence-corrected chi connectivity index (χ3v) is 4.82. The Bertz CT molecular complexity index is 383. The molecule has 1 aromatic heterocycles. The molecule has 1 atom stereocenters. The average Bonchev–Trinajstić information content (AvgIpc) is 3.04. The second-order valence-corrected chi connectivity index (χ2v) is 5.67. The second-order valence-electron chi connectivity index (χ2n) is 5.67. The van der Waals surface area contributed by atoms with E-state index in [2.05, 4.69) is 41.0 Å². The quantitative estimate of drug-likeness (QED) is 0.831. The summed E-state index contributed by atoms with van der Waals surface area (Å²) in [5, 5.41) is 3.70. The lowest BCUT2D eigenvalue weighted by atomic mass is 9.80. The molecule has 0 radical (unpaired) electrons. The van der Waals surface area contributed by atoms with Gasteiger partial charge in [-0.1, -0.05) is 20.8 Å². The maximum Gasteiger partial charge on any atom is 0.115 e. The molecule has 4 nitrogen and oxygen atoms in total. The van der Waals surface area contributed by atoms with Crippen LogP contribution in [0.5, 0.6) is 0 Å². The van der Waals surface area contributed by atoms with Crippen molar-refractivity contribution >= 4 is 0 Å². The zero-order valence-corrected chi connectivity index (χ0v) is 13.1. The van der Waals surface area contributed by atoms with E-state index in [0.29, 0.717) is 6.04 Å².